The Bertz CT molecular complexity index is 1090. The Morgan fingerprint density at radius 1 is 1.17 bits per heavy atom. The van der Waals surface area contributed by atoms with Crippen LogP contribution in [0.5, 0.6) is 5.75 Å². The number of carbonyl (C=O) groups excluding carboxylic acids is 1. The van der Waals surface area contributed by atoms with Gasteiger partial charge < -0.3 is 10.1 Å². The van der Waals surface area contributed by atoms with Crippen molar-refractivity contribution < 1.29 is 9.53 Å². The predicted octanol–water partition coefficient (Wildman–Crippen LogP) is 4.77. The molecule has 3 aromatic rings. The van der Waals surface area contributed by atoms with Crippen LogP contribution >= 0.6 is 23.2 Å². The number of aromatic nitrogens is 3. The van der Waals surface area contributed by atoms with E-state index >= 15 is 0 Å². The summed E-state index contributed by atoms with van der Waals surface area (Å²) in [6.07, 6.45) is 3.77. The van der Waals surface area contributed by atoms with Crippen LogP contribution < -0.4 is 10.1 Å². The lowest BCUT2D eigenvalue weighted by molar-refractivity contribution is -0.117. The van der Waals surface area contributed by atoms with Crippen molar-refractivity contribution in [3.8, 4) is 5.75 Å². The molecule has 1 saturated carbocycles. The highest BCUT2D eigenvalue weighted by Gasteiger charge is 2.60. The molecular formula is C22H20Cl2N4O2. The molecule has 1 fully saturated rings. The maximum atomic E-state index is 13.0. The number of nitrogens with zero attached hydrogens (tertiary/aromatic N) is 3. The van der Waals surface area contributed by atoms with E-state index in [2.05, 4.69) is 20.3 Å². The summed E-state index contributed by atoms with van der Waals surface area (Å²) >= 11 is 12.4. The normalized spacial score (nSPS) is 19.9. The van der Waals surface area contributed by atoms with Gasteiger partial charge in [-0.05, 0) is 44.0 Å². The SMILES string of the molecule is Cc1ncc(OCC2(c3ccccc3Cl)CC2C(=O)Nc2ccc(Cl)cn2)c(C)n1. The molecule has 0 aliphatic heterocycles. The van der Waals surface area contributed by atoms with E-state index < -0.39 is 5.41 Å². The molecule has 2 aromatic heterocycles. The van der Waals surface area contributed by atoms with Crippen molar-refractivity contribution in [2.75, 3.05) is 11.9 Å². The van der Waals surface area contributed by atoms with Crippen molar-refractivity contribution in [3.63, 3.8) is 0 Å². The lowest BCUT2D eigenvalue weighted by atomic mass is 9.93. The number of pyridine rings is 1. The van der Waals surface area contributed by atoms with Crippen molar-refractivity contribution in [1.29, 1.82) is 0 Å². The largest absolute Gasteiger partial charge is 0.489 e. The third-order valence-electron chi connectivity index (χ3n) is 5.32. The highest BCUT2D eigenvalue weighted by Crippen LogP contribution is 2.56. The second kappa shape index (κ2) is 8.20. The minimum absolute atomic E-state index is 0.134. The minimum atomic E-state index is -0.536. The van der Waals surface area contributed by atoms with Gasteiger partial charge in [0.25, 0.3) is 0 Å². The molecule has 0 saturated heterocycles. The molecule has 6 nitrogen and oxygen atoms in total. The fraction of sp³-hybridized carbons (Fsp3) is 0.273. The number of benzene rings is 1. The van der Waals surface area contributed by atoms with Gasteiger partial charge in [-0.25, -0.2) is 15.0 Å². The number of ether oxygens (including phenoxy) is 1. The monoisotopic (exact) mass is 442 g/mol. The van der Waals surface area contributed by atoms with Crippen LogP contribution in [0, 0.1) is 19.8 Å². The number of nitrogens with one attached hydrogen (secondary N) is 1. The number of aryl methyl sites for hydroxylation is 2. The van der Waals surface area contributed by atoms with Crippen LogP contribution in [0.4, 0.5) is 5.82 Å². The molecule has 8 heteroatoms. The Labute approximate surface area is 184 Å². The molecule has 0 bridgehead atoms. The minimum Gasteiger partial charge on any atom is -0.489 e. The second-order valence-corrected chi connectivity index (χ2v) is 8.24. The summed E-state index contributed by atoms with van der Waals surface area (Å²) in [5, 5.41) is 3.98. The molecule has 0 radical (unpaired) electrons. The molecule has 1 amide bonds. The van der Waals surface area contributed by atoms with Gasteiger partial charge in [0.15, 0.2) is 5.75 Å². The lowest BCUT2D eigenvalue weighted by Gasteiger charge is -2.20. The van der Waals surface area contributed by atoms with Gasteiger partial charge >= 0.3 is 0 Å². The number of rotatable bonds is 6. The number of amides is 1. The molecule has 2 atom stereocenters. The predicted molar refractivity (Wildman–Crippen MR) is 116 cm³/mol. The van der Waals surface area contributed by atoms with Crippen LogP contribution in [-0.2, 0) is 10.2 Å². The second-order valence-electron chi connectivity index (χ2n) is 7.40. The first-order valence-corrected chi connectivity index (χ1v) is 10.2. The van der Waals surface area contributed by atoms with E-state index in [0.29, 0.717) is 33.9 Å². The summed E-state index contributed by atoms with van der Waals surface area (Å²) in [6.45, 7) is 3.99. The quantitative estimate of drug-likeness (QED) is 0.594. The van der Waals surface area contributed by atoms with Crippen molar-refractivity contribution in [2.45, 2.75) is 25.7 Å². The molecule has 0 spiro atoms. The van der Waals surface area contributed by atoms with Crippen LogP contribution in [0.3, 0.4) is 0 Å². The van der Waals surface area contributed by atoms with Gasteiger partial charge in [0.05, 0.1) is 29.4 Å². The number of hydrogen-bond acceptors (Lipinski definition) is 5. The molecule has 1 aliphatic rings. The van der Waals surface area contributed by atoms with Gasteiger partial charge in [-0.3, -0.25) is 4.79 Å². The summed E-state index contributed by atoms with van der Waals surface area (Å²) in [5.74, 6) is 1.29. The van der Waals surface area contributed by atoms with Gasteiger partial charge in [-0.1, -0.05) is 41.4 Å². The van der Waals surface area contributed by atoms with Crippen LogP contribution in [0.15, 0.2) is 48.8 Å². The fourth-order valence-electron chi connectivity index (χ4n) is 3.63. The summed E-state index contributed by atoms with van der Waals surface area (Å²) in [4.78, 5) is 25.7. The summed E-state index contributed by atoms with van der Waals surface area (Å²) in [7, 11) is 0. The number of halogens is 2. The van der Waals surface area contributed by atoms with Crippen LogP contribution in [-0.4, -0.2) is 27.5 Å². The van der Waals surface area contributed by atoms with E-state index in [0.717, 1.165) is 11.3 Å². The first-order valence-electron chi connectivity index (χ1n) is 9.49. The highest BCUT2D eigenvalue weighted by molar-refractivity contribution is 6.31. The molecule has 1 N–H and O–H groups in total. The van der Waals surface area contributed by atoms with E-state index in [1.807, 2.05) is 38.1 Å². The Kier molecular flexibility index (Phi) is 5.62. The standard InChI is InChI=1S/C22H20Cl2N4O2/c1-13-19(11-25-14(2)27-13)30-12-22(16-5-3-4-6-18(16)24)9-17(22)21(29)28-20-8-7-15(23)10-26-20/h3-8,10-11,17H,9,12H2,1-2H3,(H,26,28,29). The molecule has 154 valence electrons. The topological polar surface area (TPSA) is 77.0 Å². The Balaban J connectivity index is 1.57. The first kappa shape index (κ1) is 20.6. The average molecular weight is 443 g/mol. The molecule has 1 aliphatic carbocycles. The highest BCUT2D eigenvalue weighted by atomic mass is 35.5. The molecule has 1 aromatic carbocycles. The van der Waals surface area contributed by atoms with Crippen LogP contribution in [0.2, 0.25) is 10.0 Å². The van der Waals surface area contributed by atoms with E-state index in [1.165, 1.54) is 6.20 Å². The maximum absolute atomic E-state index is 13.0. The third-order valence-corrected chi connectivity index (χ3v) is 5.87. The van der Waals surface area contributed by atoms with E-state index in [1.54, 1.807) is 18.3 Å². The van der Waals surface area contributed by atoms with Crippen molar-refractivity contribution in [2.24, 2.45) is 5.92 Å². The first-order chi connectivity index (χ1) is 14.4. The van der Waals surface area contributed by atoms with E-state index in [4.69, 9.17) is 27.9 Å². The number of anilines is 1. The maximum Gasteiger partial charge on any atom is 0.229 e. The van der Waals surface area contributed by atoms with Gasteiger partial charge in [-0.15, -0.1) is 0 Å². The Hall–Kier alpha value is -2.70. The number of carbonyl (C=O) groups is 1. The zero-order valence-corrected chi connectivity index (χ0v) is 18.0. The Morgan fingerprint density at radius 3 is 2.67 bits per heavy atom. The van der Waals surface area contributed by atoms with Crippen LogP contribution in [0.1, 0.15) is 23.5 Å². The van der Waals surface area contributed by atoms with Crippen molar-refractivity contribution >= 4 is 34.9 Å². The molecule has 2 heterocycles. The van der Waals surface area contributed by atoms with Gasteiger partial charge in [-0.2, -0.15) is 0 Å². The van der Waals surface area contributed by atoms with Gasteiger partial charge in [0, 0.05) is 16.6 Å². The van der Waals surface area contributed by atoms with Crippen molar-refractivity contribution in [1.82, 2.24) is 15.0 Å². The molecular weight excluding hydrogens is 423 g/mol. The van der Waals surface area contributed by atoms with Crippen LogP contribution in [0.25, 0.3) is 0 Å². The van der Waals surface area contributed by atoms with Crippen molar-refractivity contribution in [3.05, 3.63) is 75.9 Å². The lowest BCUT2D eigenvalue weighted by Crippen LogP contribution is -2.27. The smallest absolute Gasteiger partial charge is 0.229 e. The zero-order valence-electron chi connectivity index (χ0n) is 16.5. The fourth-order valence-corrected chi connectivity index (χ4v) is 4.07. The Morgan fingerprint density at radius 2 is 1.97 bits per heavy atom. The van der Waals surface area contributed by atoms with E-state index in [-0.39, 0.29) is 18.4 Å². The summed E-state index contributed by atoms with van der Waals surface area (Å²) in [5.41, 5.74) is 1.11. The molecule has 2 unspecified atom stereocenters. The summed E-state index contributed by atoms with van der Waals surface area (Å²) in [6, 6.07) is 10.9. The number of hydrogen-bond donors (Lipinski definition) is 1. The summed E-state index contributed by atoms with van der Waals surface area (Å²) < 4.78 is 6.08. The van der Waals surface area contributed by atoms with Gasteiger partial charge in [0.1, 0.15) is 11.6 Å². The van der Waals surface area contributed by atoms with E-state index in [9.17, 15) is 4.79 Å². The average Bonchev–Trinajstić information content (AvgIpc) is 3.45. The van der Waals surface area contributed by atoms with Gasteiger partial charge in [0.2, 0.25) is 5.91 Å². The molecule has 4 rings (SSSR count). The molecule has 30 heavy (non-hydrogen) atoms. The third kappa shape index (κ3) is 4.11. The zero-order chi connectivity index (χ0) is 21.3.